The van der Waals surface area contributed by atoms with Gasteiger partial charge in [-0.05, 0) is 145 Å². The second-order valence-corrected chi connectivity index (χ2v) is 35.5. The van der Waals surface area contributed by atoms with Crippen molar-refractivity contribution in [3.8, 4) is 93.3 Å². The van der Waals surface area contributed by atoms with Crippen molar-refractivity contribution in [3.05, 3.63) is 363 Å². The van der Waals surface area contributed by atoms with E-state index < -0.39 is 0 Å². The molecule has 0 aliphatic carbocycles. The first-order valence-electron chi connectivity index (χ1n) is 38.4. The quantitative estimate of drug-likeness (QED) is 0.117. The summed E-state index contributed by atoms with van der Waals surface area (Å²) >= 11 is 11.3. The van der Waals surface area contributed by atoms with Crippen molar-refractivity contribution in [2.24, 2.45) is 0 Å². The Bertz CT molecular complexity index is 6710. The van der Waals surface area contributed by atoms with Crippen LogP contribution in [0, 0.1) is 0 Å². The summed E-state index contributed by atoms with van der Waals surface area (Å²) in [5.74, 6) is 0. The smallest absolute Gasteiger partial charge is 0.101 e. The van der Waals surface area contributed by atoms with Gasteiger partial charge in [-0.3, -0.25) is 0 Å². The molecule has 0 radical (unpaired) electrons. The van der Waals surface area contributed by atoms with Gasteiger partial charge >= 0.3 is 0 Å². The van der Waals surface area contributed by atoms with E-state index in [1.165, 1.54) is 179 Å². The summed E-state index contributed by atoms with van der Waals surface area (Å²) in [7, 11) is 0. The first-order valence-corrected chi connectivity index (χ1v) is 43.3. The molecule has 12 heterocycles. The van der Waals surface area contributed by atoms with Gasteiger partial charge in [0.2, 0.25) is 0 Å². The van der Waals surface area contributed by atoms with Gasteiger partial charge in [0.15, 0.2) is 0 Å². The number of hydrogen-bond acceptors (Lipinski definition) is 6. The van der Waals surface area contributed by atoms with E-state index in [9.17, 15) is 0 Å². The maximum atomic E-state index is 2.53. The van der Waals surface area contributed by atoms with E-state index in [1.54, 1.807) is 0 Å². The standard InChI is InChI=1S/C102H60N6S6/c1-13-37-74-62(25-1)63-26-2-14-38-75(63)103(74)91-54-49-86(110-91)98-97(61-59-96(109-60-61)108-84-47-23-11-35-72(84)73-36-12-24-48-85(73)108)99(87-50-55-92(111-87)104-76-39-15-3-27-64(76)65-28-4-16-40-77(65)104)101(89-52-57-94(113-89)106-80-43-19-7-31-68(80)69-32-8-20-44-81(69)106)102(90-53-58-95(114-90)107-82-45-21-9-33-70(82)71-34-10-22-46-83(71)107)100(98)88-51-56-93(112-88)105-78-41-17-5-29-66(78)67-30-6-18-42-79(67)105/h1-60H. The Hall–Kier alpha value is -13.1. The first-order chi connectivity index (χ1) is 56.6. The van der Waals surface area contributed by atoms with Crippen LogP contribution in [0.15, 0.2) is 363 Å². The molecule has 6 nitrogen and oxygen atoms in total. The minimum absolute atomic E-state index is 1.14. The molecule has 0 spiro atoms. The fourth-order valence-electron chi connectivity index (χ4n) is 18.7. The Morgan fingerprint density at radius 1 is 0.149 bits per heavy atom. The van der Waals surface area contributed by atoms with Gasteiger partial charge in [0.25, 0.3) is 0 Å². The van der Waals surface area contributed by atoms with Crippen LogP contribution in [0.3, 0.4) is 0 Å². The third-order valence-corrected chi connectivity index (χ3v) is 29.7. The normalized spacial score (nSPS) is 12.2. The summed E-state index contributed by atoms with van der Waals surface area (Å²) in [4.78, 5) is 5.83. The molecule has 0 atom stereocenters. The number of thiophene rings is 6. The molecule has 0 amide bonds. The number of aromatic nitrogens is 6. The summed E-state index contributed by atoms with van der Waals surface area (Å²) in [6, 6.07) is 134. The molecule has 13 aromatic carbocycles. The summed E-state index contributed by atoms with van der Waals surface area (Å²) < 4.78 is 15.1. The molecule has 0 saturated carbocycles. The molecule has 25 rings (SSSR count). The molecule has 114 heavy (non-hydrogen) atoms. The molecule has 0 aliphatic rings. The molecule has 0 fully saturated rings. The fraction of sp³-hybridized carbons (Fsp3) is 0. The Morgan fingerprint density at radius 2 is 0.307 bits per heavy atom. The molecule has 0 aliphatic heterocycles. The highest BCUT2D eigenvalue weighted by Gasteiger charge is 2.35. The van der Waals surface area contributed by atoms with Gasteiger partial charge in [-0.1, -0.05) is 218 Å². The number of nitrogens with zero attached hydrogens (tertiary/aromatic N) is 6. The van der Waals surface area contributed by atoms with Crippen LogP contribution in [-0.2, 0) is 0 Å². The minimum Gasteiger partial charge on any atom is -0.301 e. The van der Waals surface area contributed by atoms with Crippen LogP contribution < -0.4 is 0 Å². The molecule has 12 heteroatoms. The Labute approximate surface area is 677 Å². The van der Waals surface area contributed by atoms with Crippen molar-refractivity contribution >= 4 is 199 Å². The average Bonchev–Trinajstić information content (AvgIpc) is 1.45. The summed E-state index contributed by atoms with van der Waals surface area (Å²) in [5.41, 5.74) is 22.4. The highest BCUT2D eigenvalue weighted by Crippen LogP contribution is 2.62. The van der Waals surface area contributed by atoms with E-state index >= 15 is 0 Å². The van der Waals surface area contributed by atoms with Gasteiger partial charge in [0.1, 0.15) is 30.0 Å². The second-order valence-electron chi connectivity index (χ2n) is 29.3. The third-order valence-electron chi connectivity index (χ3n) is 23.4. The van der Waals surface area contributed by atoms with Crippen LogP contribution in [0.5, 0.6) is 0 Å². The lowest BCUT2D eigenvalue weighted by Crippen LogP contribution is -1.99. The summed E-state index contributed by atoms with van der Waals surface area (Å²) in [6.45, 7) is 0. The molecule has 0 bridgehead atoms. The minimum atomic E-state index is 1.14. The number of hydrogen-bond donors (Lipinski definition) is 0. The monoisotopic (exact) mass is 1560 g/mol. The van der Waals surface area contributed by atoms with Crippen molar-refractivity contribution in [1.82, 2.24) is 27.4 Å². The van der Waals surface area contributed by atoms with E-state index in [0.717, 1.165) is 45.3 Å². The molecule has 0 N–H and O–H groups in total. The van der Waals surface area contributed by atoms with Crippen LogP contribution in [0.4, 0.5) is 0 Å². The van der Waals surface area contributed by atoms with Gasteiger partial charge in [0.05, 0.1) is 66.2 Å². The highest BCUT2D eigenvalue weighted by molar-refractivity contribution is 7.21. The topological polar surface area (TPSA) is 29.6 Å². The van der Waals surface area contributed by atoms with Crippen molar-refractivity contribution < 1.29 is 0 Å². The Kier molecular flexibility index (Phi) is 14.3. The Balaban J connectivity index is 0.876. The lowest BCUT2D eigenvalue weighted by Gasteiger charge is -2.25. The summed E-state index contributed by atoms with van der Waals surface area (Å²) in [5, 5.41) is 24.1. The van der Waals surface area contributed by atoms with Crippen LogP contribution in [0.1, 0.15) is 0 Å². The van der Waals surface area contributed by atoms with Crippen LogP contribution in [0.25, 0.3) is 224 Å². The van der Waals surface area contributed by atoms with E-state index in [-0.39, 0.29) is 0 Å². The van der Waals surface area contributed by atoms with Gasteiger partial charge in [-0.15, -0.1) is 68.0 Å². The van der Waals surface area contributed by atoms with Crippen molar-refractivity contribution in [3.63, 3.8) is 0 Å². The number of rotatable bonds is 12. The average molecular weight is 1560 g/mol. The largest absolute Gasteiger partial charge is 0.301 e. The lowest BCUT2D eigenvalue weighted by molar-refractivity contribution is 1.22. The van der Waals surface area contributed by atoms with E-state index in [4.69, 9.17) is 0 Å². The zero-order valence-corrected chi connectivity index (χ0v) is 65.7. The number of benzene rings is 13. The van der Waals surface area contributed by atoms with E-state index in [0.29, 0.717) is 0 Å². The van der Waals surface area contributed by atoms with Crippen molar-refractivity contribution in [1.29, 1.82) is 0 Å². The molecule has 0 unspecified atom stereocenters. The Morgan fingerprint density at radius 3 is 0.491 bits per heavy atom. The fourth-order valence-corrected chi connectivity index (χ4v) is 25.1. The van der Waals surface area contributed by atoms with Crippen molar-refractivity contribution in [2.75, 3.05) is 0 Å². The van der Waals surface area contributed by atoms with Gasteiger partial charge in [0, 0.05) is 128 Å². The highest BCUT2D eigenvalue weighted by atomic mass is 32.1. The SMILES string of the molecule is c1ccc2c(c1)c1ccccc1n2-c1cc(-c2c(-c3ccc(-n4c5ccccc5c5ccccc54)s3)c(-c3ccc(-n4c5ccccc5c5ccccc54)s3)c(-c3ccc(-n4c5ccccc5c5ccccc54)s3)c(-c3ccc(-n4c5ccccc5c5ccccc54)s3)c2-c2ccc(-n3c4ccccc4c4ccccc43)s2)cs1. The molecular formula is C102H60N6S6. The lowest BCUT2D eigenvalue weighted by atomic mass is 9.81. The third kappa shape index (κ3) is 9.43. The maximum Gasteiger partial charge on any atom is 0.101 e. The molecular weight excluding hydrogens is 1500 g/mol. The molecule has 12 aromatic heterocycles. The molecule has 0 saturated heterocycles. The molecule has 25 aromatic rings. The number of para-hydroxylation sites is 12. The predicted octanol–water partition coefficient (Wildman–Crippen LogP) is 30.6. The summed E-state index contributed by atoms with van der Waals surface area (Å²) in [6.07, 6.45) is 0. The van der Waals surface area contributed by atoms with Crippen LogP contribution in [0.2, 0.25) is 0 Å². The van der Waals surface area contributed by atoms with E-state index in [2.05, 4.69) is 391 Å². The predicted molar refractivity (Wildman–Crippen MR) is 492 cm³/mol. The van der Waals surface area contributed by atoms with Gasteiger partial charge < -0.3 is 27.4 Å². The zero-order chi connectivity index (χ0) is 74.4. The van der Waals surface area contributed by atoms with Crippen LogP contribution in [-0.4, -0.2) is 27.4 Å². The molecule has 534 valence electrons. The van der Waals surface area contributed by atoms with Crippen LogP contribution >= 0.6 is 68.0 Å². The van der Waals surface area contributed by atoms with E-state index in [1.807, 2.05) is 68.0 Å². The zero-order valence-electron chi connectivity index (χ0n) is 60.8. The van der Waals surface area contributed by atoms with Crippen molar-refractivity contribution in [2.45, 2.75) is 0 Å². The number of fused-ring (bicyclic) bond motifs is 18. The van der Waals surface area contributed by atoms with Gasteiger partial charge in [-0.2, -0.15) is 0 Å². The van der Waals surface area contributed by atoms with Gasteiger partial charge in [-0.25, -0.2) is 0 Å². The first kappa shape index (κ1) is 64.5. The second kappa shape index (κ2) is 25.2. The maximum absolute atomic E-state index is 2.53.